The van der Waals surface area contributed by atoms with Gasteiger partial charge < -0.3 is 14.6 Å². The second kappa shape index (κ2) is 7.59. The third kappa shape index (κ3) is 5.29. The Morgan fingerprint density at radius 2 is 2.15 bits per heavy atom. The van der Waals surface area contributed by atoms with Crippen molar-refractivity contribution in [2.24, 2.45) is 5.92 Å². The molecule has 8 heteroatoms. The Morgan fingerprint density at radius 3 is 2.78 bits per heavy atom. The van der Waals surface area contributed by atoms with E-state index >= 15 is 0 Å². The standard InChI is InChI=1S/C19H22BrFN2O4/c1-19(2,3)27-18(25)16(24)13-8-12(6-7-15(13)21)26-17-14(20)10-23(22-17)9-11-4-5-11/h6-8,10-11,16,24H,4-5,9H2,1-3H3. The summed E-state index contributed by atoms with van der Waals surface area (Å²) in [5.41, 5.74) is -1.00. The van der Waals surface area contributed by atoms with E-state index in [1.807, 2.05) is 6.20 Å². The molecule has 1 unspecified atom stereocenters. The molecule has 0 saturated heterocycles. The molecule has 0 radical (unpaired) electrons. The lowest BCUT2D eigenvalue weighted by atomic mass is 10.1. The number of hydrogen-bond acceptors (Lipinski definition) is 5. The molecule has 0 aliphatic heterocycles. The quantitative estimate of drug-likeness (QED) is 0.675. The lowest BCUT2D eigenvalue weighted by Gasteiger charge is -2.22. The summed E-state index contributed by atoms with van der Waals surface area (Å²) in [5.74, 6) is -0.398. The van der Waals surface area contributed by atoms with Crippen molar-refractivity contribution in [2.45, 2.75) is 51.9 Å². The first kappa shape index (κ1) is 19.8. The van der Waals surface area contributed by atoms with Gasteiger partial charge in [-0.3, -0.25) is 4.68 Å². The van der Waals surface area contributed by atoms with E-state index in [9.17, 15) is 14.3 Å². The molecule has 3 rings (SSSR count). The Hall–Kier alpha value is -1.93. The highest BCUT2D eigenvalue weighted by Crippen LogP contribution is 2.34. The van der Waals surface area contributed by atoms with E-state index in [2.05, 4.69) is 21.0 Å². The van der Waals surface area contributed by atoms with E-state index in [1.165, 1.54) is 25.0 Å². The number of benzene rings is 1. The van der Waals surface area contributed by atoms with E-state index in [0.717, 1.165) is 12.6 Å². The first-order chi connectivity index (χ1) is 12.6. The normalized spacial score (nSPS) is 15.5. The minimum Gasteiger partial charge on any atom is -0.458 e. The van der Waals surface area contributed by atoms with E-state index in [0.29, 0.717) is 16.3 Å². The van der Waals surface area contributed by atoms with Crippen LogP contribution in [-0.4, -0.2) is 26.5 Å². The fraction of sp³-hybridized carbons (Fsp3) is 0.474. The van der Waals surface area contributed by atoms with Crippen molar-refractivity contribution in [3.05, 3.63) is 40.2 Å². The average molecular weight is 441 g/mol. The fourth-order valence-electron chi connectivity index (χ4n) is 2.50. The van der Waals surface area contributed by atoms with Crippen LogP contribution in [0.3, 0.4) is 0 Å². The summed E-state index contributed by atoms with van der Waals surface area (Å²) >= 11 is 3.40. The van der Waals surface area contributed by atoms with E-state index in [1.54, 1.807) is 25.5 Å². The van der Waals surface area contributed by atoms with Crippen molar-refractivity contribution in [3.63, 3.8) is 0 Å². The van der Waals surface area contributed by atoms with Crippen LogP contribution >= 0.6 is 15.9 Å². The number of aliphatic hydroxyl groups excluding tert-OH is 1. The number of hydrogen-bond donors (Lipinski definition) is 1. The number of esters is 1. The van der Waals surface area contributed by atoms with Crippen LogP contribution in [0.25, 0.3) is 0 Å². The summed E-state index contributed by atoms with van der Waals surface area (Å²) in [4.78, 5) is 12.0. The Bertz CT molecular complexity index is 843. The minimum atomic E-state index is -1.75. The molecule has 0 bridgehead atoms. The van der Waals surface area contributed by atoms with E-state index in [-0.39, 0.29) is 11.3 Å². The maximum absolute atomic E-state index is 14.1. The minimum absolute atomic E-state index is 0.213. The number of halogens is 2. The van der Waals surface area contributed by atoms with Gasteiger partial charge in [-0.25, -0.2) is 9.18 Å². The number of nitrogens with zero attached hydrogens (tertiary/aromatic N) is 2. The molecule has 1 heterocycles. The zero-order chi connectivity index (χ0) is 19.8. The number of aromatic nitrogens is 2. The van der Waals surface area contributed by atoms with Gasteiger partial charge in [-0.15, -0.1) is 5.10 Å². The Labute approximate surface area is 165 Å². The predicted molar refractivity (Wildman–Crippen MR) is 99.9 cm³/mol. The molecule has 1 fully saturated rings. The summed E-state index contributed by atoms with van der Waals surface area (Å²) in [5, 5.41) is 14.6. The molecule has 1 aromatic carbocycles. The Morgan fingerprint density at radius 1 is 1.44 bits per heavy atom. The van der Waals surface area contributed by atoms with Crippen molar-refractivity contribution in [1.29, 1.82) is 0 Å². The molecular formula is C19H22BrFN2O4. The number of ether oxygens (including phenoxy) is 2. The zero-order valence-electron chi connectivity index (χ0n) is 15.4. The van der Waals surface area contributed by atoms with Crippen LogP contribution in [0, 0.1) is 11.7 Å². The molecule has 6 nitrogen and oxygen atoms in total. The SMILES string of the molecule is CC(C)(C)OC(=O)C(O)c1cc(Oc2nn(CC3CC3)cc2Br)ccc1F. The molecule has 1 aliphatic carbocycles. The lowest BCUT2D eigenvalue weighted by molar-refractivity contribution is -0.165. The first-order valence-electron chi connectivity index (χ1n) is 8.73. The topological polar surface area (TPSA) is 73.6 Å². The van der Waals surface area contributed by atoms with Gasteiger partial charge in [0.15, 0.2) is 6.10 Å². The number of rotatable bonds is 6. The van der Waals surface area contributed by atoms with Crippen molar-refractivity contribution in [3.8, 4) is 11.6 Å². The Balaban J connectivity index is 1.76. The molecule has 2 aromatic rings. The molecule has 1 N–H and O–H groups in total. The van der Waals surface area contributed by atoms with Gasteiger partial charge in [0.05, 0.1) is 4.47 Å². The summed E-state index contributed by atoms with van der Waals surface area (Å²) in [6.45, 7) is 5.84. The number of carbonyl (C=O) groups is 1. The molecule has 1 saturated carbocycles. The molecule has 1 atom stereocenters. The summed E-state index contributed by atoms with van der Waals surface area (Å²) in [6.07, 6.45) is 2.49. The summed E-state index contributed by atoms with van der Waals surface area (Å²) < 4.78 is 27.4. The van der Waals surface area contributed by atoms with Crippen molar-refractivity contribution in [1.82, 2.24) is 9.78 Å². The van der Waals surface area contributed by atoms with Crippen LogP contribution in [0.1, 0.15) is 45.3 Å². The van der Waals surface area contributed by atoms with Crippen LogP contribution in [-0.2, 0) is 16.1 Å². The average Bonchev–Trinajstić information content (AvgIpc) is 3.30. The van der Waals surface area contributed by atoms with Crippen LogP contribution in [0.5, 0.6) is 11.6 Å². The summed E-state index contributed by atoms with van der Waals surface area (Å²) in [7, 11) is 0. The zero-order valence-corrected chi connectivity index (χ0v) is 17.0. The molecule has 1 aliphatic rings. The van der Waals surface area contributed by atoms with E-state index < -0.39 is 23.5 Å². The van der Waals surface area contributed by atoms with Gasteiger partial charge in [0, 0.05) is 18.3 Å². The monoisotopic (exact) mass is 440 g/mol. The Kier molecular flexibility index (Phi) is 5.58. The lowest BCUT2D eigenvalue weighted by Crippen LogP contribution is -2.28. The van der Waals surface area contributed by atoms with E-state index in [4.69, 9.17) is 9.47 Å². The van der Waals surface area contributed by atoms with Crippen LogP contribution < -0.4 is 4.74 Å². The molecule has 146 valence electrons. The molecule has 27 heavy (non-hydrogen) atoms. The molecular weight excluding hydrogens is 419 g/mol. The third-order valence-corrected chi connectivity index (χ3v) is 4.48. The maximum Gasteiger partial charge on any atom is 0.340 e. The highest BCUT2D eigenvalue weighted by atomic mass is 79.9. The number of carbonyl (C=O) groups excluding carboxylic acids is 1. The van der Waals surface area contributed by atoms with Crippen molar-refractivity contribution in [2.75, 3.05) is 0 Å². The highest BCUT2D eigenvalue weighted by molar-refractivity contribution is 9.10. The van der Waals surface area contributed by atoms with Gasteiger partial charge in [-0.2, -0.15) is 0 Å². The smallest absolute Gasteiger partial charge is 0.340 e. The second-order valence-electron chi connectivity index (χ2n) is 7.67. The highest BCUT2D eigenvalue weighted by Gasteiger charge is 2.27. The maximum atomic E-state index is 14.1. The van der Waals surface area contributed by atoms with Gasteiger partial charge in [0.1, 0.15) is 17.2 Å². The molecule has 0 spiro atoms. The van der Waals surface area contributed by atoms with Crippen molar-refractivity contribution >= 4 is 21.9 Å². The van der Waals surface area contributed by atoms with Crippen molar-refractivity contribution < 1.29 is 23.8 Å². The first-order valence-corrected chi connectivity index (χ1v) is 9.53. The predicted octanol–water partition coefficient (Wildman–Crippen LogP) is 4.36. The van der Waals surface area contributed by atoms with Gasteiger partial charge >= 0.3 is 5.97 Å². The third-order valence-electron chi connectivity index (χ3n) is 3.93. The molecule has 0 amide bonds. The van der Waals surface area contributed by atoms with Gasteiger partial charge in [-0.05, 0) is 73.7 Å². The van der Waals surface area contributed by atoms with Gasteiger partial charge in [0.25, 0.3) is 5.88 Å². The van der Waals surface area contributed by atoms with Gasteiger partial charge in [-0.1, -0.05) is 0 Å². The van der Waals surface area contributed by atoms with Crippen LogP contribution in [0.2, 0.25) is 0 Å². The second-order valence-corrected chi connectivity index (χ2v) is 8.52. The van der Waals surface area contributed by atoms with Crippen LogP contribution in [0.15, 0.2) is 28.9 Å². The fourth-order valence-corrected chi connectivity index (χ4v) is 2.89. The van der Waals surface area contributed by atoms with Crippen LogP contribution in [0.4, 0.5) is 4.39 Å². The largest absolute Gasteiger partial charge is 0.458 e. The molecule has 1 aromatic heterocycles. The van der Waals surface area contributed by atoms with Gasteiger partial charge in [0.2, 0.25) is 0 Å². The summed E-state index contributed by atoms with van der Waals surface area (Å²) in [6, 6.07) is 3.82. The number of aliphatic hydroxyl groups is 1.